The van der Waals surface area contributed by atoms with Crippen LogP contribution in [-0.4, -0.2) is 16.9 Å². The SMILES string of the molecule is CC(=O)Oc1ccc(CNc2nc3c(s2)CCC=C3)cc1OC(C)=O. The lowest BCUT2D eigenvalue weighted by Crippen LogP contribution is -2.08. The first-order chi connectivity index (χ1) is 12.0. The maximum absolute atomic E-state index is 11.3. The van der Waals surface area contributed by atoms with Crippen molar-refractivity contribution in [1.29, 1.82) is 0 Å². The normalized spacial score (nSPS) is 12.4. The van der Waals surface area contributed by atoms with Crippen LogP contribution in [0, 0.1) is 0 Å². The van der Waals surface area contributed by atoms with Crippen LogP contribution in [0.5, 0.6) is 11.5 Å². The Morgan fingerprint density at radius 1 is 1.20 bits per heavy atom. The second-order valence-corrected chi connectivity index (χ2v) is 6.67. The van der Waals surface area contributed by atoms with Gasteiger partial charge in [-0.15, -0.1) is 11.3 Å². The van der Waals surface area contributed by atoms with Gasteiger partial charge in [-0.05, 0) is 36.6 Å². The fourth-order valence-corrected chi connectivity index (χ4v) is 3.43. The van der Waals surface area contributed by atoms with E-state index < -0.39 is 11.9 Å². The Labute approximate surface area is 149 Å². The third-order valence-corrected chi connectivity index (χ3v) is 4.59. The van der Waals surface area contributed by atoms with Gasteiger partial charge in [-0.25, -0.2) is 4.98 Å². The number of benzene rings is 1. The maximum atomic E-state index is 11.3. The zero-order chi connectivity index (χ0) is 17.8. The highest BCUT2D eigenvalue weighted by atomic mass is 32.1. The third kappa shape index (κ3) is 4.45. The number of hydrogen-bond donors (Lipinski definition) is 1. The molecule has 0 bridgehead atoms. The number of aryl methyl sites for hydroxylation is 1. The highest BCUT2D eigenvalue weighted by Gasteiger charge is 2.13. The molecule has 0 aliphatic heterocycles. The van der Waals surface area contributed by atoms with Crippen LogP contribution in [-0.2, 0) is 22.6 Å². The number of hydrogen-bond acceptors (Lipinski definition) is 7. The minimum Gasteiger partial charge on any atom is -0.423 e. The van der Waals surface area contributed by atoms with E-state index in [1.807, 2.05) is 12.1 Å². The molecule has 1 aliphatic rings. The summed E-state index contributed by atoms with van der Waals surface area (Å²) in [5.41, 5.74) is 1.92. The summed E-state index contributed by atoms with van der Waals surface area (Å²) < 4.78 is 10.2. The molecule has 0 radical (unpaired) electrons. The van der Waals surface area contributed by atoms with Gasteiger partial charge < -0.3 is 14.8 Å². The molecule has 1 aromatic carbocycles. The minimum atomic E-state index is -0.474. The van der Waals surface area contributed by atoms with Gasteiger partial charge in [-0.3, -0.25) is 9.59 Å². The standard InChI is InChI=1S/C18H18N2O4S/c1-11(21)23-15-8-7-13(9-16(15)24-12(2)22)10-19-18-20-14-5-3-4-6-17(14)25-18/h3,5,7-9H,4,6,10H2,1-2H3,(H,19,20). The van der Waals surface area contributed by atoms with Crippen LogP contribution in [0.1, 0.15) is 36.4 Å². The molecule has 1 heterocycles. The molecule has 2 aromatic rings. The highest BCUT2D eigenvalue weighted by molar-refractivity contribution is 7.15. The van der Waals surface area contributed by atoms with E-state index in [9.17, 15) is 9.59 Å². The number of ether oxygens (including phenoxy) is 2. The van der Waals surface area contributed by atoms with Gasteiger partial charge >= 0.3 is 11.9 Å². The monoisotopic (exact) mass is 358 g/mol. The second kappa shape index (κ2) is 7.48. The van der Waals surface area contributed by atoms with Gasteiger partial charge in [0.15, 0.2) is 16.6 Å². The highest BCUT2D eigenvalue weighted by Crippen LogP contribution is 2.31. The van der Waals surface area contributed by atoms with Crippen molar-refractivity contribution in [1.82, 2.24) is 4.98 Å². The molecule has 1 aromatic heterocycles. The van der Waals surface area contributed by atoms with Crippen molar-refractivity contribution in [2.45, 2.75) is 33.2 Å². The van der Waals surface area contributed by atoms with Crippen molar-refractivity contribution in [2.24, 2.45) is 0 Å². The minimum absolute atomic E-state index is 0.223. The summed E-state index contributed by atoms with van der Waals surface area (Å²) in [5, 5.41) is 4.14. The van der Waals surface area contributed by atoms with Gasteiger partial charge in [0, 0.05) is 25.3 Å². The first-order valence-corrected chi connectivity index (χ1v) is 8.73. The molecule has 0 spiro atoms. The van der Waals surface area contributed by atoms with Crippen molar-refractivity contribution in [2.75, 3.05) is 5.32 Å². The quantitative estimate of drug-likeness (QED) is 0.650. The van der Waals surface area contributed by atoms with E-state index in [1.54, 1.807) is 23.5 Å². The second-order valence-electron chi connectivity index (χ2n) is 5.59. The lowest BCUT2D eigenvalue weighted by atomic mass is 10.1. The summed E-state index contributed by atoms with van der Waals surface area (Å²) >= 11 is 1.65. The lowest BCUT2D eigenvalue weighted by Gasteiger charge is -2.11. The molecule has 0 atom stereocenters. The van der Waals surface area contributed by atoms with Gasteiger partial charge in [0.1, 0.15) is 0 Å². The van der Waals surface area contributed by atoms with Gasteiger partial charge in [-0.1, -0.05) is 12.1 Å². The summed E-state index contributed by atoms with van der Waals surface area (Å²) in [6.45, 7) is 3.12. The molecule has 7 heteroatoms. The predicted octanol–water partition coefficient (Wildman–Crippen LogP) is 3.57. The van der Waals surface area contributed by atoms with Crippen molar-refractivity contribution in [3.63, 3.8) is 0 Å². The van der Waals surface area contributed by atoms with Crippen LogP contribution in [0.3, 0.4) is 0 Å². The number of nitrogens with zero attached hydrogens (tertiary/aromatic N) is 1. The Bertz CT molecular complexity index is 842. The Morgan fingerprint density at radius 2 is 1.96 bits per heavy atom. The van der Waals surface area contributed by atoms with E-state index in [-0.39, 0.29) is 11.5 Å². The molecule has 1 aliphatic carbocycles. The number of aromatic nitrogens is 1. The number of carbonyl (C=O) groups is 2. The molecule has 0 saturated heterocycles. The zero-order valence-electron chi connectivity index (χ0n) is 14.0. The fourth-order valence-electron chi connectivity index (χ4n) is 2.47. The van der Waals surface area contributed by atoms with E-state index in [2.05, 4.69) is 16.4 Å². The molecular weight excluding hydrogens is 340 g/mol. The molecular formula is C18H18N2O4S. The Morgan fingerprint density at radius 3 is 2.68 bits per heavy atom. The van der Waals surface area contributed by atoms with Crippen molar-refractivity contribution >= 4 is 34.5 Å². The number of esters is 2. The number of anilines is 1. The molecule has 25 heavy (non-hydrogen) atoms. The smallest absolute Gasteiger partial charge is 0.308 e. The number of nitrogens with one attached hydrogen (secondary N) is 1. The average molecular weight is 358 g/mol. The number of thiazole rings is 1. The van der Waals surface area contributed by atoms with Gasteiger partial charge in [0.05, 0.1) is 5.69 Å². The van der Waals surface area contributed by atoms with Gasteiger partial charge in [0.25, 0.3) is 0 Å². The van der Waals surface area contributed by atoms with E-state index in [1.165, 1.54) is 18.7 Å². The Balaban J connectivity index is 1.73. The molecule has 1 N–H and O–H groups in total. The van der Waals surface area contributed by atoms with Crippen LogP contribution in [0.25, 0.3) is 6.08 Å². The summed E-state index contributed by atoms with van der Waals surface area (Å²) in [4.78, 5) is 28.3. The molecule has 0 fully saturated rings. The molecule has 130 valence electrons. The number of allylic oxidation sites excluding steroid dienone is 1. The van der Waals surface area contributed by atoms with Crippen LogP contribution >= 0.6 is 11.3 Å². The van der Waals surface area contributed by atoms with E-state index in [0.29, 0.717) is 6.54 Å². The number of rotatable bonds is 5. The predicted molar refractivity (Wildman–Crippen MR) is 95.9 cm³/mol. The fraction of sp³-hybridized carbons (Fsp3) is 0.278. The third-order valence-electron chi connectivity index (χ3n) is 3.50. The molecule has 0 unspecified atom stereocenters. The summed E-state index contributed by atoms with van der Waals surface area (Å²) in [6, 6.07) is 5.11. The van der Waals surface area contributed by atoms with Crippen molar-refractivity contribution in [3.05, 3.63) is 40.4 Å². The van der Waals surface area contributed by atoms with Crippen LogP contribution in [0.15, 0.2) is 24.3 Å². The van der Waals surface area contributed by atoms with Crippen LogP contribution < -0.4 is 14.8 Å². The Kier molecular flexibility index (Phi) is 5.14. The Hall–Kier alpha value is -2.67. The summed E-state index contributed by atoms with van der Waals surface area (Å²) in [7, 11) is 0. The molecule has 0 saturated carbocycles. The molecule has 0 amide bonds. The van der Waals surface area contributed by atoms with Gasteiger partial charge in [-0.2, -0.15) is 0 Å². The average Bonchev–Trinajstić information content (AvgIpc) is 2.97. The number of fused-ring (bicyclic) bond motifs is 1. The molecule has 3 rings (SSSR count). The zero-order valence-corrected chi connectivity index (χ0v) is 14.8. The van der Waals surface area contributed by atoms with Crippen molar-refractivity contribution < 1.29 is 19.1 Å². The van der Waals surface area contributed by atoms with Gasteiger partial charge in [0.2, 0.25) is 0 Å². The van der Waals surface area contributed by atoms with Crippen molar-refractivity contribution in [3.8, 4) is 11.5 Å². The van der Waals surface area contributed by atoms with E-state index in [0.717, 1.165) is 29.2 Å². The first kappa shape index (κ1) is 17.2. The van der Waals surface area contributed by atoms with Crippen LogP contribution in [0.4, 0.5) is 5.13 Å². The first-order valence-electron chi connectivity index (χ1n) is 7.91. The summed E-state index contributed by atoms with van der Waals surface area (Å²) in [5.74, 6) is -0.497. The lowest BCUT2D eigenvalue weighted by molar-refractivity contribution is -0.134. The van der Waals surface area contributed by atoms with E-state index >= 15 is 0 Å². The topological polar surface area (TPSA) is 77.5 Å². The van der Waals surface area contributed by atoms with E-state index in [4.69, 9.17) is 9.47 Å². The number of carbonyl (C=O) groups excluding carboxylic acids is 2. The van der Waals surface area contributed by atoms with Crippen LogP contribution in [0.2, 0.25) is 0 Å². The largest absolute Gasteiger partial charge is 0.423 e. The maximum Gasteiger partial charge on any atom is 0.308 e. The summed E-state index contributed by atoms with van der Waals surface area (Å²) in [6.07, 6.45) is 6.26. The molecule has 6 nitrogen and oxygen atoms in total.